The highest BCUT2D eigenvalue weighted by Crippen LogP contribution is 2.23. The minimum Gasteiger partial charge on any atom is -0.423 e. The van der Waals surface area contributed by atoms with E-state index in [1.54, 1.807) is 24.4 Å². The number of rotatable bonds is 1. The Kier molecular flexibility index (Phi) is 1.67. The maximum absolute atomic E-state index is 8.84. The molecule has 0 saturated heterocycles. The van der Waals surface area contributed by atoms with Crippen molar-refractivity contribution in [1.29, 1.82) is 0 Å². The molecular formula is C7H7BN2O2. The fourth-order valence-corrected chi connectivity index (χ4v) is 1.19. The Morgan fingerprint density at radius 2 is 2.25 bits per heavy atom. The fraction of sp³-hybridized carbons (Fsp3) is 0.143. The number of nitrogens with zero attached hydrogens (tertiary/aromatic N) is 2. The molecule has 0 spiro atoms. The van der Waals surface area contributed by atoms with Crippen LogP contribution in [0, 0.1) is 0 Å². The van der Waals surface area contributed by atoms with Crippen molar-refractivity contribution >= 4 is 7.12 Å². The molecule has 2 N–H and O–H groups in total. The van der Waals surface area contributed by atoms with Gasteiger partial charge in [0.1, 0.15) is 6.04 Å². The Morgan fingerprint density at radius 3 is 3.00 bits per heavy atom. The van der Waals surface area contributed by atoms with Crippen LogP contribution in [0.2, 0.25) is 0 Å². The topological polar surface area (TPSA) is 65.2 Å². The minimum absolute atomic E-state index is 0.0208. The highest BCUT2D eigenvalue weighted by atomic mass is 16.4. The third-order valence-corrected chi connectivity index (χ3v) is 1.84. The predicted octanol–water partition coefficient (Wildman–Crippen LogP) is 0.213. The molecule has 1 atom stereocenters. The van der Waals surface area contributed by atoms with E-state index in [-0.39, 0.29) is 6.04 Å². The lowest BCUT2D eigenvalue weighted by Crippen LogP contribution is -2.17. The van der Waals surface area contributed by atoms with Gasteiger partial charge in [-0.25, -0.2) is 0 Å². The lowest BCUT2D eigenvalue weighted by atomic mass is 9.75. The molecule has 5 heteroatoms. The molecule has 0 bridgehead atoms. The average Bonchev–Trinajstić information content (AvgIpc) is 2.49. The molecule has 0 saturated carbocycles. The van der Waals surface area contributed by atoms with Crippen LogP contribution < -0.4 is 0 Å². The number of azo groups is 1. The molecule has 0 radical (unpaired) electrons. The molecule has 1 aliphatic carbocycles. The van der Waals surface area contributed by atoms with Crippen LogP contribution in [0.1, 0.15) is 0 Å². The van der Waals surface area contributed by atoms with Gasteiger partial charge in [-0.05, 0) is 5.47 Å². The zero-order chi connectivity index (χ0) is 8.55. The van der Waals surface area contributed by atoms with E-state index < -0.39 is 7.12 Å². The first-order valence-corrected chi connectivity index (χ1v) is 3.63. The summed E-state index contributed by atoms with van der Waals surface area (Å²) in [5.41, 5.74) is 1.38. The van der Waals surface area contributed by atoms with E-state index in [2.05, 4.69) is 10.2 Å². The van der Waals surface area contributed by atoms with Crippen molar-refractivity contribution in [3.63, 3.8) is 0 Å². The second-order valence-corrected chi connectivity index (χ2v) is 2.68. The van der Waals surface area contributed by atoms with Crippen LogP contribution in [0.15, 0.2) is 45.7 Å². The van der Waals surface area contributed by atoms with Gasteiger partial charge in [-0.1, -0.05) is 18.2 Å². The van der Waals surface area contributed by atoms with Gasteiger partial charge >= 0.3 is 7.12 Å². The van der Waals surface area contributed by atoms with Crippen LogP contribution in [0.25, 0.3) is 0 Å². The normalized spacial score (nSPS) is 25.0. The van der Waals surface area contributed by atoms with Crippen molar-refractivity contribution in [2.24, 2.45) is 10.2 Å². The van der Waals surface area contributed by atoms with Crippen LogP contribution in [0.4, 0.5) is 0 Å². The summed E-state index contributed by atoms with van der Waals surface area (Å²) in [4.78, 5) is 0. The van der Waals surface area contributed by atoms with Crippen LogP contribution in [-0.4, -0.2) is 23.2 Å². The van der Waals surface area contributed by atoms with E-state index in [1.807, 2.05) is 0 Å². The molecule has 0 aromatic heterocycles. The van der Waals surface area contributed by atoms with Gasteiger partial charge in [0, 0.05) is 5.57 Å². The summed E-state index contributed by atoms with van der Waals surface area (Å²) in [7, 11) is -1.41. The lowest BCUT2D eigenvalue weighted by molar-refractivity contribution is 0.420. The van der Waals surface area contributed by atoms with Crippen LogP contribution in [-0.2, 0) is 0 Å². The van der Waals surface area contributed by atoms with Gasteiger partial charge < -0.3 is 10.0 Å². The van der Waals surface area contributed by atoms with E-state index in [4.69, 9.17) is 10.0 Å². The van der Waals surface area contributed by atoms with E-state index in [0.717, 1.165) is 5.57 Å². The quantitative estimate of drug-likeness (QED) is 0.541. The first-order chi connectivity index (χ1) is 5.77. The smallest absolute Gasteiger partial charge is 0.423 e. The molecule has 1 aliphatic heterocycles. The summed E-state index contributed by atoms with van der Waals surface area (Å²) in [5, 5.41) is 25.3. The number of hydrogen-bond donors (Lipinski definition) is 2. The van der Waals surface area contributed by atoms with Crippen LogP contribution >= 0.6 is 0 Å². The van der Waals surface area contributed by atoms with Gasteiger partial charge in [0.2, 0.25) is 0 Å². The Morgan fingerprint density at radius 1 is 1.42 bits per heavy atom. The van der Waals surface area contributed by atoms with E-state index in [1.165, 1.54) is 0 Å². The molecule has 2 rings (SSSR count). The summed E-state index contributed by atoms with van der Waals surface area (Å²) in [6.07, 6.45) is 6.75. The second-order valence-electron chi connectivity index (χ2n) is 2.68. The van der Waals surface area contributed by atoms with Gasteiger partial charge in [0.15, 0.2) is 0 Å². The molecule has 0 aromatic carbocycles. The van der Waals surface area contributed by atoms with E-state index >= 15 is 0 Å². The lowest BCUT2D eigenvalue weighted by Gasteiger charge is -2.10. The van der Waals surface area contributed by atoms with Crippen LogP contribution in [0.5, 0.6) is 0 Å². The van der Waals surface area contributed by atoms with Crippen molar-refractivity contribution in [2.45, 2.75) is 6.04 Å². The standard InChI is InChI=1S/C7H7BN2O2/c11-8(12)6-1-2-7-5(3-6)4-9-10-7/h1-4,7,11-12H/t7-/m0/s1. The Bertz CT molecular complexity index is 317. The third kappa shape index (κ3) is 1.13. The monoisotopic (exact) mass is 162 g/mol. The summed E-state index contributed by atoms with van der Waals surface area (Å²) < 4.78 is 0. The maximum atomic E-state index is 8.84. The third-order valence-electron chi connectivity index (χ3n) is 1.84. The second kappa shape index (κ2) is 2.69. The molecule has 0 fully saturated rings. The molecule has 0 amide bonds. The molecule has 12 heavy (non-hydrogen) atoms. The molecule has 60 valence electrons. The largest absolute Gasteiger partial charge is 0.488 e. The molecule has 2 aliphatic rings. The zero-order valence-corrected chi connectivity index (χ0v) is 6.25. The summed E-state index contributed by atoms with van der Waals surface area (Å²) in [6, 6.07) is -0.0208. The van der Waals surface area contributed by atoms with Crippen molar-refractivity contribution in [1.82, 2.24) is 0 Å². The Balaban J connectivity index is 2.28. The minimum atomic E-state index is -1.41. The molecule has 4 nitrogen and oxygen atoms in total. The van der Waals surface area contributed by atoms with Crippen molar-refractivity contribution in [3.05, 3.63) is 35.5 Å². The Hall–Kier alpha value is -1.20. The summed E-state index contributed by atoms with van der Waals surface area (Å²) >= 11 is 0. The van der Waals surface area contributed by atoms with Gasteiger partial charge in [0.05, 0.1) is 6.20 Å². The Labute approximate surface area is 69.8 Å². The zero-order valence-electron chi connectivity index (χ0n) is 6.25. The highest BCUT2D eigenvalue weighted by molar-refractivity contribution is 6.52. The maximum Gasteiger partial charge on any atom is 0.488 e. The number of allylic oxidation sites excluding steroid dienone is 2. The van der Waals surface area contributed by atoms with Gasteiger partial charge in [-0.2, -0.15) is 10.2 Å². The average molecular weight is 162 g/mol. The van der Waals surface area contributed by atoms with Crippen molar-refractivity contribution in [3.8, 4) is 0 Å². The number of hydrogen-bond acceptors (Lipinski definition) is 4. The molecule has 0 aromatic rings. The van der Waals surface area contributed by atoms with Crippen molar-refractivity contribution < 1.29 is 10.0 Å². The summed E-state index contributed by atoms with van der Waals surface area (Å²) in [6.45, 7) is 0. The summed E-state index contributed by atoms with van der Waals surface area (Å²) in [5.74, 6) is 0. The van der Waals surface area contributed by atoms with Gasteiger partial charge in [0.25, 0.3) is 0 Å². The predicted molar refractivity (Wildman–Crippen MR) is 44.1 cm³/mol. The first-order valence-electron chi connectivity index (χ1n) is 3.63. The number of fused-ring (bicyclic) bond motifs is 1. The highest BCUT2D eigenvalue weighted by Gasteiger charge is 2.21. The molecule has 0 unspecified atom stereocenters. The van der Waals surface area contributed by atoms with Gasteiger partial charge in [-0.3, -0.25) is 0 Å². The fourth-order valence-electron chi connectivity index (χ4n) is 1.19. The van der Waals surface area contributed by atoms with E-state index in [0.29, 0.717) is 5.47 Å². The molecular weight excluding hydrogens is 155 g/mol. The van der Waals surface area contributed by atoms with E-state index in [9.17, 15) is 0 Å². The van der Waals surface area contributed by atoms with Gasteiger partial charge in [-0.15, -0.1) is 0 Å². The van der Waals surface area contributed by atoms with Crippen molar-refractivity contribution in [2.75, 3.05) is 0 Å². The molecule has 1 heterocycles. The SMILES string of the molecule is OB(O)C1=CC2=CN=N[C@H]2C=C1. The van der Waals surface area contributed by atoms with Crippen LogP contribution in [0.3, 0.4) is 0 Å². The first kappa shape index (κ1) is 7.45.